The van der Waals surface area contributed by atoms with E-state index >= 15 is 0 Å². The van der Waals surface area contributed by atoms with Crippen LogP contribution in [0, 0.1) is 5.92 Å². The Morgan fingerprint density at radius 2 is 2.38 bits per heavy atom. The van der Waals surface area contributed by atoms with Crippen molar-refractivity contribution in [1.29, 1.82) is 0 Å². The van der Waals surface area contributed by atoms with Gasteiger partial charge in [0, 0.05) is 0 Å². The molecule has 6 atom stereocenters. The standard InChI is InChI=1S/C12H20ClN3O3P.W/c1-7-8(6-18-20-3)19-10(12(7,2)13)16-5-4-9(14)15-11(16)17;/h4-5,7-10H,6,14H2,1-3H3,(H,15,17);/q-1;+2/t7-,8-,9?,10-,12-;/m1./s1. The first-order chi connectivity index (χ1) is 9.73. The van der Waals surface area contributed by atoms with Crippen LogP contribution in [-0.4, -0.2) is 47.6 Å². The van der Waals surface area contributed by atoms with Crippen molar-refractivity contribution in [2.45, 2.75) is 37.2 Å². The van der Waals surface area contributed by atoms with E-state index < -0.39 is 17.3 Å². The molecule has 2 rings (SSSR count). The van der Waals surface area contributed by atoms with Crippen LogP contribution in [0.2, 0.25) is 0 Å². The molecule has 0 bridgehead atoms. The van der Waals surface area contributed by atoms with E-state index in [-0.39, 0.29) is 23.8 Å². The molecule has 2 amide bonds. The molecule has 9 heteroatoms. The second-order valence-electron chi connectivity index (χ2n) is 5.43. The summed E-state index contributed by atoms with van der Waals surface area (Å²) < 4.78 is 11.8. The summed E-state index contributed by atoms with van der Waals surface area (Å²) in [7, 11) is 0. The van der Waals surface area contributed by atoms with Crippen molar-refractivity contribution in [2.24, 2.45) is 11.7 Å². The zero-order chi connectivity index (χ0) is 15.8. The van der Waals surface area contributed by atoms with E-state index in [2.05, 4.69) is 12.0 Å². The van der Waals surface area contributed by atoms with Gasteiger partial charge >= 0.3 is 141 Å². The average molecular weight is 505 g/mol. The Bertz CT molecular complexity index is 477. The molecule has 2 heterocycles. The topological polar surface area (TPSA) is 76.8 Å². The van der Waals surface area contributed by atoms with Gasteiger partial charge in [0.2, 0.25) is 0 Å². The Kier molecular flexibility index (Phi) is 5.62. The van der Waals surface area contributed by atoms with Gasteiger partial charge in [-0.3, -0.25) is 0 Å². The van der Waals surface area contributed by atoms with Crippen LogP contribution >= 0.6 is 17.4 Å². The van der Waals surface area contributed by atoms with Gasteiger partial charge in [0.05, 0.1) is 0 Å². The molecule has 2 aliphatic rings. The molecule has 1 saturated heterocycles. The van der Waals surface area contributed by atoms with Crippen LogP contribution in [0.5, 0.6) is 0 Å². The SMILES string of the molecule is C[C@@H]1[C@@H](CO[P+](C)=[W])O[C@@H](N2C=CC(N)NC2=O)[C@]1(C)Cl. The van der Waals surface area contributed by atoms with E-state index in [0.717, 1.165) is 0 Å². The van der Waals surface area contributed by atoms with Crippen LogP contribution in [0.1, 0.15) is 13.8 Å². The molecular formula is C12H20ClN3O3PW+. The van der Waals surface area contributed by atoms with Crippen LogP contribution in [0.15, 0.2) is 12.3 Å². The number of nitrogens with two attached hydrogens (primary N) is 1. The number of amides is 2. The van der Waals surface area contributed by atoms with E-state index in [0.29, 0.717) is 6.61 Å². The fourth-order valence-electron chi connectivity index (χ4n) is 2.41. The third-order valence-electron chi connectivity index (χ3n) is 3.89. The molecule has 0 radical (unpaired) electrons. The zero-order valence-electron chi connectivity index (χ0n) is 12.2. The second-order valence-corrected chi connectivity index (χ2v) is 12.9. The number of hydrogen-bond donors (Lipinski definition) is 2. The normalized spacial score (nSPS) is 40.3. The molecule has 0 aliphatic carbocycles. The van der Waals surface area contributed by atoms with Crippen LogP contribution in [0.4, 0.5) is 4.79 Å². The van der Waals surface area contributed by atoms with Gasteiger partial charge in [-0.1, -0.05) is 0 Å². The minimum absolute atomic E-state index is 0.0610. The Hall–Kier alpha value is 0.168. The third kappa shape index (κ3) is 3.74. The molecule has 2 aliphatic heterocycles. The maximum atomic E-state index is 12.1. The molecule has 0 aromatic carbocycles. The van der Waals surface area contributed by atoms with Crippen LogP contribution in [0.25, 0.3) is 0 Å². The summed E-state index contributed by atoms with van der Waals surface area (Å²) in [5.74, 6) is -0.312. The van der Waals surface area contributed by atoms with Gasteiger partial charge in [-0.15, -0.1) is 0 Å². The van der Waals surface area contributed by atoms with E-state index in [1.807, 2.05) is 13.8 Å². The number of halogens is 1. The van der Waals surface area contributed by atoms with Gasteiger partial charge in [0.15, 0.2) is 0 Å². The van der Waals surface area contributed by atoms with E-state index in [1.54, 1.807) is 12.3 Å². The van der Waals surface area contributed by atoms with Crippen molar-refractivity contribution in [2.75, 3.05) is 13.3 Å². The predicted molar refractivity (Wildman–Crippen MR) is 78.4 cm³/mol. The van der Waals surface area contributed by atoms with Gasteiger partial charge in [-0.2, -0.15) is 0 Å². The first-order valence-corrected chi connectivity index (χ1v) is 12.6. The van der Waals surface area contributed by atoms with Crippen molar-refractivity contribution in [3.63, 3.8) is 0 Å². The number of hydrogen-bond acceptors (Lipinski definition) is 4. The number of carbonyl (C=O) groups is 1. The van der Waals surface area contributed by atoms with Crippen molar-refractivity contribution >= 4 is 23.4 Å². The van der Waals surface area contributed by atoms with Crippen LogP contribution < -0.4 is 11.1 Å². The van der Waals surface area contributed by atoms with Gasteiger partial charge in [0.25, 0.3) is 0 Å². The molecule has 3 N–H and O–H groups in total. The summed E-state index contributed by atoms with van der Waals surface area (Å²) >= 11 is 8.11. The summed E-state index contributed by atoms with van der Waals surface area (Å²) in [6, 6.07) is -0.298. The van der Waals surface area contributed by atoms with Crippen molar-refractivity contribution in [1.82, 2.24) is 10.2 Å². The van der Waals surface area contributed by atoms with Crippen LogP contribution in [-0.2, 0) is 28.1 Å². The fraction of sp³-hybridized carbons (Fsp3) is 0.750. The number of ether oxygens (including phenoxy) is 1. The summed E-state index contributed by atoms with van der Waals surface area (Å²) in [5.41, 5.74) is 5.65. The monoisotopic (exact) mass is 504 g/mol. The van der Waals surface area contributed by atoms with Crippen molar-refractivity contribution < 1.29 is 32.9 Å². The molecule has 6 nitrogen and oxygen atoms in total. The molecule has 0 spiro atoms. The van der Waals surface area contributed by atoms with Crippen LogP contribution in [0.3, 0.4) is 0 Å². The summed E-state index contributed by atoms with van der Waals surface area (Å²) in [5, 5.41) is 2.64. The Morgan fingerprint density at radius 1 is 1.71 bits per heavy atom. The Labute approximate surface area is 141 Å². The van der Waals surface area contributed by atoms with Gasteiger partial charge in [-0.25, -0.2) is 0 Å². The molecular weight excluding hydrogens is 484 g/mol. The van der Waals surface area contributed by atoms with E-state index in [1.165, 1.54) is 23.7 Å². The van der Waals surface area contributed by atoms with E-state index in [9.17, 15) is 4.79 Å². The number of nitrogens with zero attached hydrogens (tertiary/aromatic N) is 1. The summed E-state index contributed by atoms with van der Waals surface area (Å²) in [6.07, 6.45) is 2.20. The predicted octanol–water partition coefficient (Wildman–Crippen LogP) is 1.67. The van der Waals surface area contributed by atoms with Crippen molar-refractivity contribution in [3.05, 3.63) is 12.3 Å². The van der Waals surface area contributed by atoms with Gasteiger partial charge < -0.3 is 0 Å². The second kappa shape index (κ2) is 6.74. The average Bonchev–Trinajstić information content (AvgIpc) is 2.60. The van der Waals surface area contributed by atoms with Crippen molar-refractivity contribution in [3.8, 4) is 0 Å². The molecule has 0 aromatic heterocycles. The summed E-state index contributed by atoms with van der Waals surface area (Å²) in [4.78, 5) is 12.9. The molecule has 1 fully saturated rings. The molecule has 118 valence electrons. The Morgan fingerprint density at radius 3 is 2.95 bits per heavy atom. The first-order valence-electron chi connectivity index (χ1n) is 6.64. The fourth-order valence-corrected chi connectivity index (χ4v) is 3.72. The number of carbonyl (C=O) groups excluding carboxylic acids is 1. The zero-order valence-corrected chi connectivity index (χ0v) is 16.7. The number of nitrogens with one attached hydrogen (secondary N) is 1. The molecule has 21 heavy (non-hydrogen) atoms. The molecule has 0 saturated carbocycles. The first kappa shape index (κ1) is 17.5. The third-order valence-corrected chi connectivity index (χ3v) is 6.07. The number of alkyl halides is 1. The quantitative estimate of drug-likeness (QED) is 0.451. The molecule has 2 unspecified atom stereocenters. The number of urea groups is 1. The van der Waals surface area contributed by atoms with Gasteiger partial charge in [0.1, 0.15) is 0 Å². The van der Waals surface area contributed by atoms with E-state index in [4.69, 9.17) is 26.6 Å². The molecule has 0 aromatic rings. The summed E-state index contributed by atoms with van der Waals surface area (Å²) in [6.45, 7) is 6.50. The number of rotatable bonds is 4. The van der Waals surface area contributed by atoms with Gasteiger partial charge in [-0.05, 0) is 0 Å². The Balaban J connectivity index is 2.14. The minimum atomic E-state index is -0.686. The maximum absolute atomic E-state index is 12.1.